The Morgan fingerprint density at radius 3 is 1.23 bits per heavy atom. The molecule has 0 bridgehead atoms. The maximum atomic E-state index is 9.82. The van der Waals surface area contributed by atoms with Crippen molar-refractivity contribution in [3.8, 4) is 0 Å². The number of benzene rings is 1. The van der Waals surface area contributed by atoms with Crippen LogP contribution >= 0.6 is 0 Å². The molecule has 0 saturated heterocycles. The van der Waals surface area contributed by atoms with Crippen molar-refractivity contribution in [2.24, 2.45) is 5.41 Å². The fourth-order valence-electron chi connectivity index (χ4n) is 2.74. The van der Waals surface area contributed by atoms with Gasteiger partial charge >= 0.3 is 0 Å². The molecule has 1 rings (SSSR count). The van der Waals surface area contributed by atoms with Gasteiger partial charge in [0.1, 0.15) is 0 Å². The van der Waals surface area contributed by atoms with E-state index in [4.69, 9.17) is 0 Å². The summed E-state index contributed by atoms with van der Waals surface area (Å²) in [6, 6.07) is 10.3. The topological polar surface area (TPSA) is 101 Å². The highest BCUT2D eigenvalue weighted by atomic mass is 16.3. The van der Waals surface area contributed by atoms with Crippen molar-refractivity contribution in [1.29, 1.82) is 0 Å². The minimum absolute atomic E-state index is 1.15. The van der Waals surface area contributed by atoms with Crippen LogP contribution in [0.2, 0.25) is 0 Å². The van der Waals surface area contributed by atoms with Crippen LogP contribution < -0.4 is 0 Å². The fraction of sp³-hybridized carbons (Fsp3) is 0.647. The molecule has 5 heteroatoms. The van der Waals surface area contributed by atoms with E-state index in [-0.39, 0.29) is 0 Å². The summed E-state index contributed by atoms with van der Waals surface area (Å²) in [5.74, 6) is 0. The average molecular weight is 314 g/mol. The zero-order valence-corrected chi connectivity index (χ0v) is 14.0. The Morgan fingerprint density at radius 1 is 0.727 bits per heavy atom. The first kappa shape index (κ1) is 21.0. The van der Waals surface area contributed by atoms with E-state index in [1.54, 1.807) is 0 Å². The predicted octanol–water partition coefficient (Wildman–Crippen LogP) is 0.852. The molecule has 5 atom stereocenters. The molecule has 0 radical (unpaired) electrons. The summed E-state index contributed by atoms with van der Waals surface area (Å²) >= 11 is 0. The third kappa shape index (κ3) is 5.04. The normalized spacial score (nSPS) is 20.6. The highest BCUT2D eigenvalue weighted by Gasteiger charge is 2.52. The van der Waals surface area contributed by atoms with Gasteiger partial charge in [0.25, 0.3) is 0 Å². The van der Waals surface area contributed by atoms with Gasteiger partial charge in [0, 0.05) is 0 Å². The second-order valence-corrected chi connectivity index (χ2v) is 5.87. The molecule has 5 nitrogen and oxygen atoms in total. The van der Waals surface area contributed by atoms with Crippen molar-refractivity contribution < 1.29 is 25.5 Å². The van der Waals surface area contributed by atoms with Gasteiger partial charge in [-0.25, -0.2) is 0 Å². The van der Waals surface area contributed by atoms with Crippen LogP contribution in [0.3, 0.4) is 0 Å². The lowest BCUT2D eigenvalue weighted by Gasteiger charge is -2.46. The number of rotatable bonds is 5. The summed E-state index contributed by atoms with van der Waals surface area (Å²) in [6.45, 7) is 7.52. The first-order valence-corrected chi connectivity index (χ1v) is 7.50. The molecule has 0 spiro atoms. The summed E-state index contributed by atoms with van der Waals surface area (Å²) in [5, 5.41) is 48.0. The maximum Gasteiger partial charge on any atom is 0.0926 e. The quantitative estimate of drug-likeness (QED) is 0.555. The van der Waals surface area contributed by atoms with E-state index in [1.807, 2.05) is 18.2 Å². The molecular weight excluding hydrogens is 284 g/mol. The first-order valence-electron chi connectivity index (χ1n) is 7.50. The Bertz CT molecular complexity index is 379. The minimum Gasteiger partial charge on any atom is -0.393 e. The van der Waals surface area contributed by atoms with E-state index in [2.05, 4.69) is 19.1 Å². The van der Waals surface area contributed by atoms with Crippen molar-refractivity contribution in [1.82, 2.24) is 0 Å². The SMILES string of the molecule is CC(O)C(O)C(C(C)O)(C(C)O)C(C)O.Cc1ccccc1. The second kappa shape index (κ2) is 9.22. The highest BCUT2D eigenvalue weighted by Crippen LogP contribution is 2.36. The van der Waals surface area contributed by atoms with E-state index in [0.29, 0.717) is 0 Å². The average Bonchev–Trinajstić information content (AvgIpc) is 2.39. The molecule has 0 fully saturated rings. The number of aliphatic hydroxyl groups is 5. The van der Waals surface area contributed by atoms with Gasteiger partial charge in [-0.2, -0.15) is 0 Å². The van der Waals surface area contributed by atoms with Crippen molar-refractivity contribution in [3.63, 3.8) is 0 Å². The summed E-state index contributed by atoms with van der Waals surface area (Å²) in [5.41, 5.74) is -0.226. The molecule has 0 aliphatic heterocycles. The second-order valence-electron chi connectivity index (χ2n) is 5.87. The number of aryl methyl sites for hydroxylation is 1. The van der Waals surface area contributed by atoms with Gasteiger partial charge in [0.05, 0.1) is 35.9 Å². The lowest BCUT2D eigenvalue weighted by molar-refractivity contribution is -0.202. The monoisotopic (exact) mass is 314 g/mol. The standard InChI is InChI=1S/C10H22O5.C7H8/c1-5(11)9(15)10(6(2)12,7(3)13)8(4)14;1-7-5-3-2-4-6-7/h5-9,11-15H,1-4H3;2-6H,1H3. The summed E-state index contributed by atoms with van der Waals surface area (Å²) < 4.78 is 0. The maximum absolute atomic E-state index is 9.82. The van der Waals surface area contributed by atoms with Crippen LogP contribution in [0, 0.1) is 12.3 Å². The molecule has 0 aromatic heterocycles. The molecule has 0 saturated carbocycles. The van der Waals surface area contributed by atoms with E-state index in [1.165, 1.54) is 33.3 Å². The summed E-state index contributed by atoms with van der Waals surface area (Å²) in [4.78, 5) is 0. The Balaban J connectivity index is 0.000000518. The zero-order chi connectivity index (χ0) is 17.5. The Morgan fingerprint density at radius 2 is 1.09 bits per heavy atom. The number of aliphatic hydroxyl groups excluding tert-OH is 5. The van der Waals surface area contributed by atoms with Gasteiger partial charge in [-0.1, -0.05) is 35.9 Å². The molecule has 128 valence electrons. The van der Waals surface area contributed by atoms with Crippen LogP contribution in [0.1, 0.15) is 33.3 Å². The van der Waals surface area contributed by atoms with E-state index >= 15 is 0 Å². The van der Waals surface area contributed by atoms with Crippen molar-refractivity contribution >= 4 is 0 Å². The van der Waals surface area contributed by atoms with Gasteiger partial charge in [0.2, 0.25) is 0 Å². The van der Waals surface area contributed by atoms with Gasteiger partial charge in [0.15, 0.2) is 0 Å². The Hall–Kier alpha value is -0.980. The summed E-state index contributed by atoms with van der Waals surface area (Å²) in [7, 11) is 0. The number of hydrogen-bond donors (Lipinski definition) is 5. The van der Waals surface area contributed by atoms with Crippen molar-refractivity contribution in [2.75, 3.05) is 0 Å². The van der Waals surface area contributed by atoms with Crippen molar-refractivity contribution in [2.45, 2.75) is 65.1 Å². The third-order valence-corrected chi connectivity index (χ3v) is 4.08. The van der Waals surface area contributed by atoms with Crippen LogP contribution in [0.5, 0.6) is 0 Å². The van der Waals surface area contributed by atoms with Crippen LogP contribution in [0.15, 0.2) is 30.3 Å². The lowest BCUT2D eigenvalue weighted by Crippen LogP contribution is -2.61. The molecule has 0 aliphatic carbocycles. The molecule has 1 aromatic carbocycles. The third-order valence-electron chi connectivity index (χ3n) is 4.08. The van der Waals surface area contributed by atoms with Crippen LogP contribution in [0.4, 0.5) is 0 Å². The molecule has 1 aromatic rings. The minimum atomic E-state index is -1.55. The highest BCUT2D eigenvalue weighted by molar-refractivity contribution is 5.11. The fourth-order valence-corrected chi connectivity index (χ4v) is 2.74. The molecule has 0 aliphatic rings. The van der Waals surface area contributed by atoms with E-state index < -0.39 is 35.9 Å². The van der Waals surface area contributed by atoms with E-state index in [0.717, 1.165) is 0 Å². The smallest absolute Gasteiger partial charge is 0.0926 e. The summed E-state index contributed by atoms with van der Waals surface area (Å²) in [6.07, 6.45) is -6.01. The van der Waals surface area contributed by atoms with Crippen LogP contribution in [-0.4, -0.2) is 56.1 Å². The molecule has 0 amide bonds. The zero-order valence-electron chi connectivity index (χ0n) is 14.0. The van der Waals surface area contributed by atoms with Crippen molar-refractivity contribution in [3.05, 3.63) is 35.9 Å². The number of hydrogen-bond acceptors (Lipinski definition) is 5. The Kier molecular flexibility index (Phi) is 8.81. The van der Waals surface area contributed by atoms with Crippen LogP contribution in [-0.2, 0) is 0 Å². The lowest BCUT2D eigenvalue weighted by atomic mass is 9.68. The predicted molar refractivity (Wildman–Crippen MR) is 86.3 cm³/mol. The van der Waals surface area contributed by atoms with Gasteiger partial charge in [-0.05, 0) is 34.6 Å². The van der Waals surface area contributed by atoms with E-state index in [9.17, 15) is 25.5 Å². The molecule has 0 heterocycles. The largest absolute Gasteiger partial charge is 0.393 e. The molecular formula is C17H30O5. The molecule has 5 unspecified atom stereocenters. The molecule has 5 N–H and O–H groups in total. The first-order chi connectivity index (χ1) is 10.1. The van der Waals surface area contributed by atoms with Gasteiger partial charge in [-0.15, -0.1) is 0 Å². The molecule has 22 heavy (non-hydrogen) atoms. The van der Waals surface area contributed by atoms with Crippen LogP contribution in [0.25, 0.3) is 0 Å². The van der Waals surface area contributed by atoms with Gasteiger partial charge in [-0.3, -0.25) is 0 Å². The van der Waals surface area contributed by atoms with Gasteiger partial charge < -0.3 is 25.5 Å². The Labute approximate surface area is 132 Å².